The summed E-state index contributed by atoms with van der Waals surface area (Å²) in [7, 11) is 5.22. The predicted octanol–water partition coefficient (Wildman–Crippen LogP) is 3.92. The van der Waals surface area contributed by atoms with Gasteiger partial charge in [-0.1, -0.05) is 27.7 Å². The molecule has 3 saturated heterocycles. The van der Waals surface area contributed by atoms with Crippen molar-refractivity contribution in [2.75, 3.05) is 27.7 Å². The first-order chi connectivity index (χ1) is 26.9. The number of carbonyl (C=O) groups is 4. The van der Waals surface area contributed by atoms with Crippen molar-refractivity contribution in [3.05, 3.63) is 18.4 Å². The van der Waals surface area contributed by atoms with E-state index in [1.807, 2.05) is 25.9 Å². The second kappa shape index (κ2) is 18.0. The number of aromatic nitrogens is 4. The minimum atomic E-state index is -1.43. The van der Waals surface area contributed by atoms with Crippen molar-refractivity contribution in [2.45, 2.75) is 148 Å². The number of unbranched alkanes of at least 4 members (excludes halogenated alkanes) is 1. The highest BCUT2D eigenvalue weighted by atomic mass is 16.7. The van der Waals surface area contributed by atoms with Crippen molar-refractivity contribution in [1.29, 1.82) is 0 Å². The van der Waals surface area contributed by atoms with Gasteiger partial charge in [-0.15, -0.1) is 10.2 Å². The van der Waals surface area contributed by atoms with Crippen LogP contribution in [0.1, 0.15) is 87.5 Å². The zero-order valence-corrected chi connectivity index (χ0v) is 35.2. The van der Waals surface area contributed by atoms with Gasteiger partial charge in [0.05, 0.1) is 36.7 Å². The van der Waals surface area contributed by atoms with Gasteiger partial charge < -0.3 is 43.0 Å². The average Bonchev–Trinajstić information content (AvgIpc) is 3.93. The monoisotopic (exact) mass is 802 g/mol. The van der Waals surface area contributed by atoms with E-state index < -0.39 is 83.4 Å². The Kier molecular flexibility index (Phi) is 14.0. The molecule has 17 heteroatoms. The summed E-state index contributed by atoms with van der Waals surface area (Å²) < 4.78 is 36.5. The maximum absolute atomic E-state index is 14.7. The zero-order valence-electron chi connectivity index (χ0n) is 35.2. The molecule has 3 aliphatic heterocycles. The highest BCUT2D eigenvalue weighted by molar-refractivity contribution is 6.00. The molecular formula is C40H62N6O11. The number of fused-ring (bicyclic) bond motifs is 1. The van der Waals surface area contributed by atoms with E-state index in [1.54, 1.807) is 58.6 Å². The molecule has 5 heterocycles. The maximum Gasteiger partial charge on any atom is 0.410 e. The van der Waals surface area contributed by atoms with Gasteiger partial charge in [0.1, 0.15) is 23.9 Å². The third kappa shape index (κ3) is 9.12. The van der Waals surface area contributed by atoms with Crippen molar-refractivity contribution >= 4 is 23.6 Å². The number of hydrogen-bond donors (Lipinski definition) is 1. The normalized spacial score (nSPS) is 37.2. The van der Waals surface area contributed by atoms with Crippen LogP contribution in [-0.4, -0.2) is 140 Å². The number of ketones is 2. The number of nitrogens with zero attached hydrogens (tertiary/aromatic N) is 6. The molecule has 5 rings (SSSR count). The highest BCUT2D eigenvalue weighted by Gasteiger charge is 2.60. The molecule has 3 fully saturated rings. The molecule has 3 aliphatic rings. The molecule has 2 aromatic heterocycles. The van der Waals surface area contributed by atoms with E-state index in [9.17, 15) is 24.3 Å². The number of furan rings is 1. The third-order valence-electron chi connectivity index (χ3n) is 12.4. The van der Waals surface area contributed by atoms with E-state index >= 15 is 0 Å². The van der Waals surface area contributed by atoms with Crippen LogP contribution in [0, 0.1) is 23.7 Å². The summed E-state index contributed by atoms with van der Waals surface area (Å²) in [5.74, 6) is -4.20. The van der Waals surface area contributed by atoms with Crippen LogP contribution in [-0.2, 0) is 44.6 Å². The Balaban J connectivity index is 1.44. The number of carbonyl (C=O) groups excluding carboxylic acids is 4. The van der Waals surface area contributed by atoms with E-state index in [-0.39, 0.29) is 37.3 Å². The number of esters is 1. The minimum absolute atomic E-state index is 0.115. The van der Waals surface area contributed by atoms with Crippen LogP contribution in [0.15, 0.2) is 22.8 Å². The Morgan fingerprint density at radius 3 is 2.35 bits per heavy atom. The number of tetrazole rings is 1. The summed E-state index contributed by atoms with van der Waals surface area (Å²) in [5.41, 5.74) is -2.71. The summed E-state index contributed by atoms with van der Waals surface area (Å²) in [4.78, 5) is 61.6. The molecule has 57 heavy (non-hydrogen) atoms. The molecule has 0 bridgehead atoms. The zero-order chi connectivity index (χ0) is 42.0. The molecule has 1 N–H and O–H groups in total. The van der Waals surface area contributed by atoms with Gasteiger partial charge in [0, 0.05) is 37.5 Å². The Morgan fingerprint density at radius 2 is 1.72 bits per heavy atom. The van der Waals surface area contributed by atoms with Gasteiger partial charge >= 0.3 is 12.1 Å². The average molecular weight is 803 g/mol. The number of cyclic esters (lactones) is 1. The molecule has 13 atom stereocenters. The fraction of sp³-hybridized carbons (Fsp3) is 0.775. The molecule has 17 nitrogen and oxygen atoms in total. The Hall–Kier alpha value is -3.77. The van der Waals surface area contributed by atoms with Crippen LogP contribution in [0.5, 0.6) is 0 Å². The molecule has 1 amide bonds. The van der Waals surface area contributed by atoms with E-state index in [1.165, 1.54) is 25.1 Å². The lowest BCUT2D eigenvalue weighted by atomic mass is 9.73. The number of hydrogen-bond acceptors (Lipinski definition) is 15. The quantitative estimate of drug-likeness (QED) is 0.195. The van der Waals surface area contributed by atoms with Crippen molar-refractivity contribution in [3.63, 3.8) is 0 Å². The standard InChI is InChI=1S/C40H62N6O11/c1-12-29-40(8)33(45(38(51)57-40)17-13-14-18-46-42-35(41-43-46)28-16-15-19-53-28)24(4)30(47)22(2)21-39(7,52-11)34(25(5)31(48)26(6)36(50)55-29)56-37-32(49)27(44(9)10)20-23(3)54-37/h15-16,19,22-27,29,32-34,37,49H,12-14,17-18,20-21H2,1-11H3/t22-,23-,24+,25+,26-,27+,29-,32-,33-,34-,37+,39-,40-/m1/s1. The lowest BCUT2D eigenvalue weighted by Crippen LogP contribution is -2.60. The molecule has 0 radical (unpaired) electrons. The second-order valence-electron chi connectivity index (χ2n) is 16.8. The number of aryl methyl sites for hydroxylation is 1. The van der Waals surface area contributed by atoms with E-state index in [4.69, 9.17) is 28.1 Å². The van der Waals surface area contributed by atoms with Gasteiger partial charge in [-0.3, -0.25) is 14.4 Å². The first-order valence-corrected chi connectivity index (χ1v) is 20.2. The molecule has 0 aliphatic carbocycles. The molecule has 0 aromatic carbocycles. The van der Waals surface area contributed by atoms with Crippen molar-refractivity contribution in [2.24, 2.45) is 23.7 Å². The van der Waals surface area contributed by atoms with Crippen LogP contribution >= 0.6 is 0 Å². The fourth-order valence-electron chi connectivity index (χ4n) is 9.09. The first kappa shape index (κ1) is 44.3. The van der Waals surface area contributed by atoms with Crippen LogP contribution in [0.25, 0.3) is 11.6 Å². The SMILES string of the molecule is CC[C@H]1OC(=O)[C@H](C)C(=O)[C@H](C)[C@@H](O[C@@H]2O[C@H](C)C[C@H](N(C)C)[C@H]2O)[C@](C)(OC)C[C@@H](C)C(=O)[C@H](C)[C@H]2N(CCCCn3nnc(-c4ccco4)n3)C(=O)O[C@]12C. The van der Waals surface area contributed by atoms with Gasteiger partial charge in [-0.2, -0.15) is 4.80 Å². The molecule has 318 valence electrons. The highest BCUT2D eigenvalue weighted by Crippen LogP contribution is 2.43. The van der Waals surface area contributed by atoms with E-state index in [2.05, 4.69) is 15.4 Å². The summed E-state index contributed by atoms with van der Waals surface area (Å²) in [6.07, 6.45) is -1.56. The first-order valence-electron chi connectivity index (χ1n) is 20.2. The van der Waals surface area contributed by atoms with E-state index in [0.717, 1.165) is 0 Å². The summed E-state index contributed by atoms with van der Waals surface area (Å²) in [6.45, 7) is 14.5. The molecule has 0 saturated carbocycles. The summed E-state index contributed by atoms with van der Waals surface area (Å²) in [6, 6.07) is 2.37. The largest absolute Gasteiger partial charge is 0.461 e. The number of rotatable bonds is 11. The molecule has 2 aromatic rings. The summed E-state index contributed by atoms with van der Waals surface area (Å²) in [5, 5.41) is 24.0. The number of Topliss-reactive ketones (excluding diaryl/α,β-unsaturated/α-hetero) is 2. The van der Waals surface area contributed by atoms with E-state index in [0.29, 0.717) is 37.4 Å². The van der Waals surface area contributed by atoms with Crippen LogP contribution < -0.4 is 0 Å². The van der Waals surface area contributed by atoms with Gasteiger partial charge in [0.15, 0.2) is 23.4 Å². The Bertz CT molecular complexity index is 1700. The smallest absolute Gasteiger partial charge is 0.410 e. The third-order valence-corrected chi connectivity index (χ3v) is 12.4. The number of methoxy groups -OCH3 is 1. The number of likely N-dealkylation sites (N-methyl/N-ethyl adjacent to an activating group) is 1. The number of aliphatic hydroxyl groups excluding tert-OH is 1. The number of amides is 1. The molecule has 0 unspecified atom stereocenters. The second-order valence-corrected chi connectivity index (χ2v) is 16.8. The van der Waals surface area contributed by atoms with Crippen LogP contribution in [0.2, 0.25) is 0 Å². The minimum Gasteiger partial charge on any atom is -0.461 e. The van der Waals surface area contributed by atoms with Crippen LogP contribution in [0.4, 0.5) is 4.79 Å². The van der Waals surface area contributed by atoms with Crippen LogP contribution in [0.3, 0.4) is 0 Å². The van der Waals surface area contributed by atoms with Crippen molar-refractivity contribution < 1.29 is 52.4 Å². The number of aliphatic hydroxyl groups is 1. The van der Waals surface area contributed by atoms with Gasteiger partial charge in [0.25, 0.3) is 0 Å². The lowest BCUT2D eigenvalue weighted by molar-refractivity contribution is -0.295. The Morgan fingerprint density at radius 1 is 1.02 bits per heavy atom. The van der Waals surface area contributed by atoms with Gasteiger partial charge in [-0.25, -0.2) is 4.79 Å². The molecule has 0 spiro atoms. The Labute approximate surface area is 335 Å². The van der Waals surface area contributed by atoms with Gasteiger partial charge in [0.2, 0.25) is 5.82 Å². The predicted molar refractivity (Wildman–Crippen MR) is 204 cm³/mol. The number of ether oxygens (including phenoxy) is 5. The molecular weight excluding hydrogens is 740 g/mol. The fourth-order valence-corrected chi connectivity index (χ4v) is 9.09. The van der Waals surface area contributed by atoms with Gasteiger partial charge in [-0.05, 0) is 91.2 Å². The van der Waals surface area contributed by atoms with Crippen molar-refractivity contribution in [1.82, 2.24) is 30.0 Å². The lowest BCUT2D eigenvalue weighted by Gasteiger charge is -2.47. The maximum atomic E-state index is 14.7. The van der Waals surface area contributed by atoms with Crippen molar-refractivity contribution in [3.8, 4) is 11.6 Å². The summed E-state index contributed by atoms with van der Waals surface area (Å²) >= 11 is 0. The topological polar surface area (TPSA) is 198 Å².